The van der Waals surface area contributed by atoms with E-state index in [1.54, 1.807) is 13.1 Å². The van der Waals surface area contributed by atoms with E-state index in [2.05, 4.69) is 36.4 Å². The minimum atomic E-state index is -0.578. The summed E-state index contributed by atoms with van der Waals surface area (Å²) in [4.78, 5) is 4.99. The lowest BCUT2D eigenvalue weighted by molar-refractivity contribution is 0.184. The van der Waals surface area contributed by atoms with Gasteiger partial charge in [-0.3, -0.25) is 4.99 Å². The summed E-state index contributed by atoms with van der Waals surface area (Å²) < 4.78 is 0.685. The average Bonchev–Trinajstić information content (AvgIpc) is 2.80. The van der Waals surface area contributed by atoms with Crippen molar-refractivity contribution in [3.8, 4) is 0 Å². The number of hydrogen-bond acceptors (Lipinski definition) is 3. The highest BCUT2D eigenvalue weighted by Gasteiger charge is 2.13. The summed E-state index contributed by atoms with van der Waals surface area (Å²) in [5.74, 6) is 1.21. The van der Waals surface area contributed by atoms with Gasteiger partial charge < -0.3 is 15.7 Å². The number of halogens is 2. The molecule has 1 heterocycles. The molecule has 3 N–H and O–H groups in total. The number of nitrogens with zero attached hydrogens (tertiary/aromatic N) is 1. The molecule has 0 spiro atoms. The Morgan fingerprint density at radius 1 is 1.40 bits per heavy atom. The van der Waals surface area contributed by atoms with Crippen molar-refractivity contribution in [1.29, 1.82) is 0 Å². The quantitative estimate of drug-likeness (QED) is 0.381. The lowest BCUT2D eigenvalue weighted by Crippen LogP contribution is -2.45. The molecule has 0 aliphatic rings. The van der Waals surface area contributed by atoms with Crippen LogP contribution in [0.2, 0.25) is 4.34 Å². The number of aliphatic hydroxyl groups excluding tert-OH is 1. The molecule has 0 saturated carbocycles. The van der Waals surface area contributed by atoms with Gasteiger partial charge in [0, 0.05) is 24.5 Å². The molecule has 20 heavy (non-hydrogen) atoms. The van der Waals surface area contributed by atoms with E-state index in [9.17, 15) is 5.11 Å². The summed E-state index contributed by atoms with van der Waals surface area (Å²) in [6, 6.07) is 3.95. The third-order valence-corrected chi connectivity index (χ3v) is 4.31. The van der Waals surface area contributed by atoms with Crippen LogP contribution in [0.5, 0.6) is 0 Å². The molecule has 4 nitrogen and oxygen atoms in total. The van der Waals surface area contributed by atoms with Crippen LogP contribution < -0.4 is 10.6 Å². The number of nitrogens with one attached hydrogen (secondary N) is 2. The van der Waals surface area contributed by atoms with Crippen LogP contribution in [0.25, 0.3) is 0 Å². The van der Waals surface area contributed by atoms with Crippen LogP contribution in [0.1, 0.15) is 31.8 Å². The molecule has 116 valence electrons. The Morgan fingerprint density at radius 3 is 2.50 bits per heavy atom. The van der Waals surface area contributed by atoms with Crippen molar-refractivity contribution in [2.45, 2.75) is 32.9 Å². The predicted octanol–water partition coefficient (Wildman–Crippen LogP) is 3.26. The maximum absolute atomic E-state index is 10.0. The molecule has 0 bridgehead atoms. The van der Waals surface area contributed by atoms with Gasteiger partial charge in [0.05, 0.1) is 4.34 Å². The Labute approximate surface area is 147 Å². The van der Waals surface area contributed by atoms with Gasteiger partial charge in [0.1, 0.15) is 6.10 Å². The van der Waals surface area contributed by atoms with Crippen molar-refractivity contribution in [1.82, 2.24) is 10.6 Å². The zero-order chi connectivity index (χ0) is 14.4. The normalized spacial score (nSPS) is 14.7. The summed E-state index contributed by atoms with van der Waals surface area (Å²) in [5.41, 5.74) is 0. The summed E-state index contributed by atoms with van der Waals surface area (Å²) >= 11 is 7.24. The van der Waals surface area contributed by atoms with Crippen molar-refractivity contribution in [2.75, 3.05) is 13.6 Å². The van der Waals surface area contributed by atoms with E-state index in [1.807, 2.05) is 6.07 Å². The summed E-state index contributed by atoms with van der Waals surface area (Å²) in [6.07, 6.45) is -0.578. The van der Waals surface area contributed by atoms with E-state index in [1.165, 1.54) is 11.3 Å². The number of aliphatic hydroxyl groups is 1. The Morgan fingerprint density at radius 2 is 2.05 bits per heavy atom. The smallest absolute Gasteiger partial charge is 0.191 e. The molecule has 0 saturated heterocycles. The molecular formula is C13H23ClIN3OS. The molecular weight excluding hydrogens is 409 g/mol. The number of guanidine groups is 1. The van der Waals surface area contributed by atoms with Gasteiger partial charge in [-0.15, -0.1) is 35.3 Å². The van der Waals surface area contributed by atoms with Gasteiger partial charge in [0.2, 0.25) is 0 Å². The first kappa shape index (κ1) is 19.9. The third kappa shape index (κ3) is 6.60. The lowest BCUT2D eigenvalue weighted by Gasteiger charge is -2.21. The van der Waals surface area contributed by atoms with Crippen molar-refractivity contribution in [3.05, 3.63) is 21.3 Å². The molecule has 0 aliphatic heterocycles. The van der Waals surface area contributed by atoms with Gasteiger partial charge in [-0.2, -0.15) is 0 Å². The van der Waals surface area contributed by atoms with Gasteiger partial charge in [0.25, 0.3) is 0 Å². The van der Waals surface area contributed by atoms with Crippen molar-refractivity contribution >= 4 is 52.9 Å². The first-order chi connectivity index (χ1) is 8.93. The molecule has 1 aromatic rings. The average molecular weight is 432 g/mol. The van der Waals surface area contributed by atoms with Crippen LogP contribution in [-0.4, -0.2) is 30.7 Å². The minimum absolute atomic E-state index is 0. The maximum atomic E-state index is 10.0. The molecule has 2 atom stereocenters. The molecule has 2 unspecified atom stereocenters. The second-order valence-corrected chi connectivity index (χ2v) is 6.53. The van der Waals surface area contributed by atoms with Crippen molar-refractivity contribution < 1.29 is 5.11 Å². The minimum Gasteiger partial charge on any atom is -0.386 e. The second kappa shape index (κ2) is 9.81. The van der Waals surface area contributed by atoms with E-state index in [4.69, 9.17) is 11.6 Å². The Hall–Kier alpha value is -0.0500. The molecule has 1 aromatic heterocycles. The van der Waals surface area contributed by atoms with Gasteiger partial charge in [-0.1, -0.05) is 25.4 Å². The van der Waals surface area contributed by atoms with Crippen molar-refractivity contribution in [3.63, 3.8) is 0 Å². The highest BCUT2D eigenvalue weighted by molar-refractivity contribution is 14.0. The van der Waals surface area contributed by atoms with E-state index in [-0.39, 0.29) is 24.0 Å². The van der Waals surface area contributed by atoms with Crippen LogP contribution in [0.15, 0.2) is 17.1 Å². The Kier molecular flexibility index (Phi) is 9.78. The Balaban J connectivity index is 0.00000361. The number of thiophene rings is 1. The first-order valence-corrected chi connectivity index (χ1v) is 7.54. The molecule has 0 amide bonds. The molecule has 0 aliphatic carbocycles. The topological polar surface area (TPSA) is 56.7 Å². The first-order valence-electron chi connectivity index (χ1n) is 6.34. The van der Waals surface area contributed by atoms with Crippen LogP contribution >= 0.6 is 46.9 Å². The van der Waals surface area contributed by atoms with E-state index < -0.39 is 6.10 Å². The lowest BCUT2D eigenvalue weighted by atomic mass is 10.1. The predicted molar refractivity (Wildman–Crippen MR) is 98.5 cm³/mol. The van der Waals surface area contributed by atoms with Gasteiger partial charge >= 0.3 is 0 Å². The zero-order valence-electron chi connectivity index (χ0n) is 12.2. The van der Waals surface area contributed by atoms with Crippen LogP contribution in [0, 0.1) is 5.92 Å². The molecule has 0 fully saturated rings. The summed E-state index contributed by atoms with van der Waals surface area (Å²) in [7, 11) is 1.72. The highest BCUT2D eigenvalue weighted by Crippen LogP contribution is 2.26. The van der Waals surface area contributed by atoms with Crippen LogP contribution in [0.4, 0.5) is 0 Å². The van der Waals surface area contributed by atoms with E-state index in [0.29, 0.717) is 28.8 Å². The maximum Gasteiger partial charge on any atom is 0.191 e. The van der Waals surface area contributed by atoms with E-state index >= 15 is 0 Å². The van der Waals surface area contributed by atoms with Gasteiger partial charge in [0.15, 0.2) is 5.96 Å². The fourth-order valence-corrected chi connectivity index (χ4v) is 2.43. The number of aliphatic imine (C=N–C) groups is 1. The number of rotatable bonds is 5. The number of hydrogen-bond donors (Lipinski definition) is 3. The van der Waals surface area contributed by atoms with Crippen molar-refractivity contribution in [2.24, 2.45) is 10.9 Å². The SMILES string of the molecule is CN=C(NCC(O)c1ccc(Cl)s1)NC(C)C(C)C.I. The molecule has 7 heteroatoms. The largest absolute Gasteiger partial charge is 0.386 e. The van der Waals surface area contributed by atoms with Crippen LogP contribution in [0.3, 0.4) is 0 Å². The Bertz CT molecular complexity index is 426. The molecule has 0 aromatic carbocycles. The standard InChI is InChI=1S/C13H22ClN3OS.HI/c1-8(2)9(3)17-13(15-4)16-7-10(18)11-5-6-12(14)19-11;/h5-6,8-10,18H,7H2,1-4H3,(H2,15,16,17);1H. The fourth-order valence-electron chi connectivity index (χ4n) is 1.38. The van der Waals surface area contributed by atoms with Gasteiger partial charge in [-0.05, 0) is 25.0 Å². The third-order valence-electron chi connectivity index (χ3n) is 2.97. The highest BCUT2D eigenvalue weighted by atomic mass is 127. The molecule has 1 rings (SSSR count). The fraction of sp³-hybridized carbons (Fsp3) is 0.615. The monoisotopic (exact) mass is 431 g/mol. The summed E-state index contributed by atoms with van der Waals surface area (Å²) in [6.45, 7) is 6.80. The van der Waals surface area contributed by atoms with Gasteiger partial charge in [-0.25, -0.2) is 0 Å². The van der Waals surface area contributed by atoms with E-state index in [0.717, 1.165) is 4.88 Å². The second-order valence-electron chi connectivity index (χ2n) is 4.79. The van der Waals surface area contributed by atoms with Crippen LogP contribution in [-0.2, 0) is 0 Å². The zero-order valence-corrected chi connectivity index (χ0v) is 16.1. The molecule has 0 radical (unpaired) electrons. The summed E-state index contributed by atoms with van der Waals surface area (Å²) in [5, 5.41) is 16.4.